The molecule has 1 aromatic heterocycles. The van der Waals surface area contributed by atoms with Crippen molar-refractivity contribution in [1.29, 1.82) is 0 Å². The maximum Gasteiger partial charge on any atom is 0.422 e. The van der Waals surface area contributed by atoms with Gasteiger partial charge >= 0.3 is 6.18 Å². The van der Waals surface area contributed by atoms with Crippen molar-refractivity contribution in [3.8, 4) is 11.8 Å². The number of hydrogen-bond donors (Lipinski definition) is 3. The van der Waals surface area contributed by atoms with Crippen molar-refractivity contribution < 1.29 is 18.3 Å². The van der Waals surface area contributed by atoms with E-state index < -0.39 is 23.6 Å². The fourth-order valence-electron chi connectivity index (χ4n) is 3.54. The summed E-state index contributed by atoms with van der Waals surface area (Å²) < 4.78 is 44.6. The van der Waals surface area contributed by atoms with Crippen LogP contribution in [0, 0.1) is 17.8 Å². The van der Waals surface area contributed by atoms with E-state index >= 15 is 0 Å². The molecule has 2 unspecified atom stereocenters. The Morgan fingerprint density at radius 1 is 1.42 bits per heavy atom. The number of aromatic nitrogens is 2. The molecule has 1 aromatic carbocycles. The standard InChI is InChI=1S/C20H19ClF3N5O2/c1-28-18(31)27-16-6-12(9-29-10-26-8-15(25)17(29)30)14(21)7-13(16)19(28,20(22,23)24)5-4-11-2-3-11/h6-8,10-11,18,27,31H,2-3,9,25H2,1H3. The van der Waals surface area contributed by atoms with Crippen LogP contribution >= 0.6 is 11.6 Å². The third-order valence-corrected chi connectivity index (χ3v) is 5.82. The van der Waals surface area contributed by atoms with Crippen LogP contribution in [0.3, 0.4) is 0 Å². The number of benzene rings is 1. The molecule has 2 aromatic rings. The molecule has 1 fully saturated rings. The topological polar surface area (TPSA) is 96.4 Å². The summed E-state index contributed by atoms with van der Waals surface area (Å²) in [7, 11) is 1.15. The molecule has 1 aliphatic heterocycles. The lowest BCUT2D eigenvalue weighted by atomic mass is 9.84. The first-order valence-corrected chi connectivity index (χ1v) is 9.82. The predicted octanol–water partition coefficient (Wildman–Crippen LogP) is 2.33. The minimum absolute atomic E-state index is 0.0153. The van der Waals surface area contributed by atoms with Crippen LogP contribution in [0.1, 0.15) is 24.0 Å². The minimum Gasteiger partial charge on any atom is -0.393 e. The summed E-state index contributed by atoms with van der Waals surface area (Å²) in [5, 5.41) is 13.0. The van der Waals surface area contributed by atoms with Crippen LogP contribution in [0.15, 0.2) is 29.5 Å². The second-order valence-electron chi connectivity index (χ2n) is 7.65. The van der Waals surface area contributed by atoms with Gasteiger partial charge in [0.15, 0.2) is 6.35 Å². The summed E-state index contributed by atoms with van der Waals surface area (Å²) in [4.78, 5) is 16.8. The van der Waals surface area contributed by atoms with Crippen LogP contribution in [0.4, 0.5) is 24.5 Å². The van der Waals surface area contributed by atoms with Gasteiger partial charge in [-0.05, 0) is 37.6 Å². The second kappa shape index (κ2) is 7.44. The highest BCUT2D eigenvalue weighted by Gasteiger charge is 2.62. The summed E-state index contributed by atoms with van der Waals surface area (Å²) in [5.41, 5.74) is 2.43. The lowest BCUT2D eigenvalue weighted by Crippen LogP contribution is -2.62. The van der Waals surface area contributed by atoms with Gasteiger partial charge in [0.2, 0.25) is 5.54 Å². The number of nitrogen functional groups attached to an aromatic ring is 1. The molecule has 0 bridgehead atoms. The smallest absolute Gasteiger partial charge is 0.393 e. The molecule has 11 heteroatoms. The van der Waals surface area contributed by atoms with Gasteiger partial charge in [0, 0.05) is 22.2 Å². The zero-order valence-electron chi connectivity index (χ0n) is 16.4. The van der Waals surface area contributed by atoms with E-state index in [1.165, 1.54) is 29.2 Å². The average Bonchev–Trinajstić information content (AvgIpc) is 3.51. The predicted molar refractivity (Wildman–Crippen MR) is 109 cm³/mol. The number of fused-ring (bicyclic) bond motifs is 1. The Morgan fingerprint density at radius 2 is 2.13 bits per heavy atom. The molecule has 1 aliphatic carbocycles. The van der Waals surface area contributed by atoms with Crippen molar-refractivity contribution in [2.24, 2.45) is 5.92 Å². The number of hydrogen-bond acceptors (Lipinski definition) is 6. The summed E-state index contributed by atoms with van der Waals surface area (Å²) in [5.74, 6) is 5.01. The molecule has 31 heavy (non-hydrogen) atoms. The number of aliphatic hydroxyl groups is 1. The lowest BCUT2D eigenvalue weighted by Gasteiger charge is -2.46. The highest BCUT2D eigenvalue weighted by molar-refractivity contribution is 6.31. The van der Waals surface area contributed by atoms with Crippen LogP contribution in [0.25, 0.3) is 0 Å². The zero-order valence-corrected chi connectivity index (χ0v) is 17.1. The fraction of sp³-hybridized carbons (Fsp3) is 0.400. The number of nitrogens with zero attached hydrogens (tertiary/aromatic N) is 3. The number of alkyl halides is 3. The summed E-state index contributed by atoms with van der Waals surface area (Å²) >= 11 is 6.35. The molecule has 1 saturated carbocycles. The van der Waals surface area contributed by atoms with E-state index in [0.29, 0.717) is 5.56 Å². The maximum atomic E-state index is 14.5. The van der Waals surface area contributed by atoms with Gasteiger partial charge in [0.25, 0.3) is 5.56 Å². The zero-order chi connectivity index (χ0) is 22.6. The van der Waals surface area contributed by atoms with Crippen LogP contribution in [-0.4, -0.2) is 39.1 Å². The largest absolute Gasteiger partial charge is 0.422 e. The third kappa shape index (κ3) is 3.63. The van der Waals surface area contributed by atoms with E-state index in [0.717, 1.165) is 24.8 Å². The van der Waals surface area contributed by atoms with Crippen LogP contribution in [0.2, 0.25) is 5.02 Å². The molecule has 0 spiro atoms. The number of halogens is 4. The first-order valence-electron chi connectivity index (χ1n) is 9.44. The van der Waals surface area contributed by atoms with E-state index in [1.54, 1.807) is 0 Å². The number of nitrogens with one attached hydrogen (secondary N) is 1. The summed E-state index contributed by atoms with van der Waals surface area (Å²) in [6, 6.07) is 2.56. The number of rotatable bonds is 2. The molecule has 7 nitrogen and oxygen atoms in total. The molecule has 164 valence electrons. The van der Waals surface area contributed by atoms with Crippen molar-refractivity contribution in [1.82, 2.24) is 14.5 Å². The molecule has 2 aliphatic rings. The highest BCUT2D eigenvalue weighted by Crippen LogP contribution is 2.50. The van der Waals surface area contributed by atoms with E-state index in [2.05, 4.69) is 22.1 Å². The first kappa shape index (κ1) is 21.5. The molecule has 4 N–H and O–H groups in total. The van der Waals surface area contributed by atoms with Gasteiger partial charge in [-0.15, -0.1) is 0 Å². The molecule has 0 amide bonds. The van der Waals surface area contributed by atoms with Gasteiger partial charge in [-0.3, -0.25) is 9.36 Å². The Morgan fingerprint density at radius 3 is 2.77 bits per heavy atom. The Labute approximate surface area is 180 Å². The first-order chi connectivity index (χ1) is 14.5. The van der Waals surface area contributed by atoms with E-state index in [4.69, 9.17) is 17.3 Å². The molecule has 2 atom stereocenters. The van der Waals surface area contributed by atoms with Crippen LogP contribution < -0.4 is 16.6 Å². The molecule has 2 heterocycles. The molecule has 0 radical (unpaired) electrons. The Balaban J connectivity index is 1.86. The van der Waals surface area contributed by atoms with E-state index in [9.17, 15) is 23.1 Å². The van der Waals surface area contributed by atoms with Gasteiger partial charge in [0.1, 0.15) is 5.69 Å². The monoisotopic (exact) mass is 453 g/mol. The molecule has 4 rings (SSSR count). The van der Waals surface area contributed by atoms with Gasteiger partial charge in [0.05, 0.1) is 19.1 Å². The van der Waals surface area contributed by atoms with Crippen molar-refractivity contribution in [3.63, 3.8) is 0 Å². The number of aliphatic hydroxyl groups excluding tert-OH is 1. The van der Waals surface area contributed by atoms with Gasteiger partial charge in [-0.2, -0.15) is 13.2 Å². The van der Waals surface area contributed by atoms with Crippen molar-refractivity contribution >= 4 is 23.0 Å². The van der Waals surface area contributed by atoms with E-state index in [1.807, 2.05) is 0 Å². The number of anilines is 2. The Hall–Kier alpha value is -2.74. The number of nitrogens with two attached hydrogens (primary N) is 1. The summed E-state index contributed by atoms with van der Waals surface area (Å²) in [6.07, 6.45) is -2.50. The molecular formula is C20H19ClF3N5O2. The summed E-state index contributed by atoms with van der Waals surface area (Å²) in [6.45, 7) is -0.0661. The van der Waals surface area contributed by atoms with Crippen molar-refractivity contribution in [3.05, 3.63) is 51.2 Å². The third-order valence-electron chi connectivity index (χ3n) is 5.47. The van der Waals surface area contributed by atoms with Crippen LogP contribution in [0.5, 0.6) is 0 Å². The van der Waals surface area contributed by atoms with Crippen molar-refractivity contribution in [2.45, 2.75) is 37.5 Å². The Kier molecular flexibility index (Phi) is 5.16. The average molecular weight is 454 g/mol. The Bertz CT molecular complexity index is 1150. The van der Waals surface area contributed by atoms with Gasteiger partial charge < -0.3 is 16.2 Å². The second-order valence-corrected chi connectivity index (χ2v) is 8.06. The molecular weight excluding hydrogens is 435 g/mol. The fourth-order valence-corrected chi connectivity index (χ4v) is 3.77. The maximum absolute atomic E-state index is 14.5. The van der Waals surface area contributed by atoms with Crippen LogP contribution in [-0.2, 0) is 12.1 Å². The minimum atomic E-state index is -4.82. The van der Waals surface area contributed by atoms with E-state index in [-0.39, 0.29) is 34.4 Å². The van der Waals surface area contributed by atoms with Gasteiger partial charge in [-0.25, -0.2) is 9.88 Å². The highest BCUT2D eigenvalue weighted by atomic mass is 35.5. The lowest BCUT2D eigenvalue weighted by molar-refractivity contribution is -0.233. The SMILES string of the molecule is CN1C(O)Nc2cc(Cn3cncc(N)c3=O)c(Cl)cc2C1(C#CC1CC1)C(F)(F)F. The quantitative estimate of drug-likeness (QED) is 0.604. The van der Waals surface area contributed by atoms with Crippen molar-refractivity contribution in [2.75, 3.05) is 18.1 Å². The molecule has 0 saturated heterocycles. The van der Waals surface area contributed by atoms with Gasteiger partial charge in [-0.1, -0.05) is 23.4 Å². The normalized spacial score (nSPS) is 23.5.